The first kappa shape index (κ1) is 15.1. The summed E-state index contributed by atoms with van der Waals surface area (Å²) >= 11 is 4.39. The Kier molecular flexibility index (Phi) is 4.00. The molecule has 7 heteroatoms. The summed E-state index contributed by atoms with van der Waals surface area (Å²) in [6.07, 6.45) is 0.936. The lowest BCUT2D eigenvalue weighted by atomic mass is 10.1. The molecule has 1 aromatic carbocycles. The maximum atomic E-state index is 12.1. The van der Waals surface area contributed by atoms with Gasteiger partial charge in [0.2, 0.25) is 0 Å². The van der Waals surface area contributed by atoms with Crippen molar-refractivity contribution in [3.8, 4) is 11.8 Å². The lowest BCUT2D eigenvalue weighted by Crippen LogP contribution is -2.45. The molecule has 23 heavy (non-hydrogen) atoms. The van der Waals surface area contributed by atoms with E-state index in [1.165, 1.54) is 6.26 Å². The average molecular weight is 327 g/mol. The SMILES string of the molecule is COc1ccc(N2C(S)=C(C#N)C(=O)N[C@@H]2c2ccco2)cc1. The standard InChI is InChI=1S/C16H13N3O3S/c1-21-11-6-4-10(5-7-11)19-14(13-3-2-8-22-13)18-15(20)12(9-17)16(19)23/h2-8,14,23H,1H3,(H,18,20)/t14-/m0/s1. The summed E-state index contributed by atoms with van der Waals surface area (Å²) < 4.78 is 10.6. The normalized spacial score (nSPS) is 17.7. The quantitative estimate of drug-likeness (QED) is 0.847. The van der Waals surface area contributed by atoms with Gasteiger partial charge in [-0.1, -0.05) is 0 Å². The molecule has 0 spiro atoms. The lowest BCUT2D eigenvalue weighted by Gasteiger charge is -2.36. The maximum absolute atomic E-state index is 12.1. The fraction of sp³-hybridized carbons (Fsp3) is 0.125. The highest BCUT2D eigenvalue weighted by atomic mass is 32.1. The molecule has 1 aliphatic rings. The predicted molar refractivity (Wildman–Crippen MR) is 86.7 cm³/mol. The highest BCUT2D eigenvalue weighted by Crippen LogP contribution is 2.36. The van der Waals surface area contributed by atoms with Gasteiger partial charge < -0.3 is 19.4 Å². The largest absolute Gasteiger partial charge is 0.497 e. The summed E-state index contributed by atoms with van der Waals surface area (Å²) in [7, 11) is 1.58. The number of benzene rings is 1. The molecule has 1 atom stereocenters. The van der Waals surface area contributed by atoms with Gasteiger partial charge in [-0.15, -0.1) is 12.6 Å². The number of amides is 1. The number of furan rings is 1. The summed E-state index contributed by atoms with van der Waals surface area (Å²) in [5, 5.41) is 12.2. The molecule has 0 unspecified atom stereocenters. The molecule has 0 aliphatic carbocycles. The molecular formula is C16H13N3O3S. The zero-order valence-electron chi connectivity index (χ0n) is 12.2. The number of hydrogen-bond donors (Lipinski definition) is 2. The minimum atomic E-state index is -0.588. The van der Waals surface area contributed by atoms with E-state index in [4.69, 9.17) is 9.15 Å². The highest BCUT2D eigenvalue weighted by molar-refractivity contribution is 7.84. The third-order valence-corrected chi connectivity index (χ3v) is 3.92. The summed E-state index contributed by atoms with van der Waals surface area (Å²) in [6, 6.07) is 12.6. The van der Waals surface area contributed by atoms with Crippen LogP contribution in [0.5, 0.6) is 5.75 Å². The van der Waals surface area contributed by atoms with Crippen molar-refractivity contribution in [2.24, 2.45) is 0 Å². The molecule has 1 N–H and O–H groups in total. The van der Waals surface area contributed by atoms with Crippen LogP contribution >= 0.6 is 12.6 Å². The Morgan fingerprint density at radius 2 is 2.09 bits per heavy atom. The molecule has 6 nitrogen and oxygen atoms in total. The molecule has 1 aromatic heterocycles. The summed E-state index contributed by atoms with van der Waals surface area (Å²) in [6.45, 7) is 0. The Morgan fingerprint density at radius 3 is 2.65 bits per heavy atom. The Balaban J connectivity index is 2.11. The Labute approximate surface area is 138 Å². The van der Waals surface area contributed by atoms with E-state index >= 15 is 0 Å². The van der Waals surface area contributed by atoms with Crippen LogP contribution in [0.15, 0.2) is 57.7 Å². The fourth-order valence-corrected chi connectivity index (χ4v) is 2.75. The zero-order chi connectivity index (χ0) is 16.4. The van der Waals surface area contributed by atoms with E-state index in [9.17, 15) is 10.1 Å². The van der Waals surface area contributed by atoms with Gasteiger partial charge in [-0.05, 0) is 36.4 Å². The minimum Gasteiger partial charge on any atom is -0.497 e. The second-order valence-electron chi connectivity index (χ2n) is 4.77. The van der Waals surface area contributed by atoms with Crippen molar-refractivity contribution in [2.45, 2.75) is 6.17 Å². The van der Waals surface area contributed by atoms with Gasteiger partial charge in [-0.25, -0.2) is 0 Å². The highest BCUT2D eigenvalue weighted by Gasteiger charge is 2.35. The molecule has 1 amide bonds. The monoisotopic (exact) mass is 327 g/mol. The first-order valence-corrected chi connectivity index (χ1v) is 7.21. The van der Waals surface area contributed by atoms with Crippen LogP contribution in [0.1, 0.15) is 11.9 Å². The van der Waals surface area contributed by atoms with Crippen molar-refractivity contribution in [2.75, 3.05) is 12.0 Å². The van der Waals surface area contributed by atoms with Gasteiger partial charge >= 0.3 is 0 Å². The van der Waals surface area contributed by atoms with Gasteiger partial charge in [0.25, 0.3) is 5.91 Å². The molecule has 0 radical (unpaired) electrons. The molecule has 2 aromatic rings. The second-order valence-corrected chi connectivity index (χ2v) is 5.19. The van der Waals surface area contributed by atoms with Crippen LogP contribution in [0.4, 0.5) is 5.69 Å². The number of carbonyl (C=O) groups excluding carboxylic acids is 1. The molecule has 0 saturated carbocycles. The summed E-state index contributed by atoms with van der Waals surface area (Å²) in [5.74, 6) is 0.760. The molecular weight excluding hydrogens is 314 g/mol. The van der Waals surface area contributed by atoms with Crippen molar-refractivity contribution < 1.29 is 13.9 Å². The smallest absolute Gasteiger partial charge is 0.266 e. The molecule has 0 saturated heterocycles. The Hall–Kier alpha value is -2.85. The predicted octanol–water partition coefficient (Wildman–Crippen LogP) is 2.59. The number of rotatable bonds is 3. The van der Waals surface area contributed by atoms with E-state index in [2.05, 4.69) is 17.9 Å². The van der Waals surface area contributed by atoms with Crippen LogP contribution in [-0.4, -0.2) is 13.0 Å². The van der Waals surface area contributed by atoms with Crippen LogP contribution in [0.2, 0.25) is 0 Å². The molecule has 2 heterocycles. The summed E-state index contributed by atoms with van der Waals surface area (Å²) in [4.78, 5) is 13.8. The Bertz CT molecular complexity index is 791. The van der Waals surface area contributed by atoms with E-state index < -0.39 is 12.1 Å². The maximum Gasteiger partial charge on any atom is 0.266 e. The van der Waals surface area contributed by atoms with Gasteiger partial charge in [-0.3, -0.25) is 4.79 Å². The second kappa shape index (κ2) is 6.10. The number of ether oxygens (including phenoxy) is 1. The third kappa shape index (κ3) is 2.64. The van der Waals surface area contributed by atoms with Gasteiger partial charge in [0.1, 0.15) is 23.2 Å². The van der Waals surface area contributed by atoms with E-state index in [1.807, 2.05) is 18.2 Å². The van der Waals surface area contributed by atoms with E-state index in [0.717, 1.165) is 5.69 Å². The number of nitriles is 1. The number of hydrogen-bond acceptors (Lipinski definition) is 6. The Morgan fingerprint density at radius 1 is 1.35 bits per heavy atom. The van der Waals surface area contributed by atoms with E-state index in [1.54, 1.807) is 36.3 Å². The molecule has 1 aliphatic heterocycles. The number of nitrogens with one attached hydrogen (secondary N) is 1. The minimum absolute atomic E-state index is 0.0491. The van der Waals surface area contributed by atoms with Crippen LogP contribution in [0.3, 0.4) is 0 Å². The van der Waals surface area contributed by atoms with Crippen molar-refractivity contribution in [3.63, 3.8) is 0 Å². The molecule has 3 rings (SSSR count). The number of methoxy groups -OCH3 is 1. The number of thiol groups is 1. The van der Waals surface area contributed by atoms with Gasteiger partial charge in [0, 0.05) is 5.69 Å². The lowest BCUT2D eigenvalue weighted by molar-refractivity contribution is -0.118. The third-order valence-electron chi connectivity index (χ3n) is 3.48. The van der Waals surface area contributed by atoms with Crippen molar-refractivity contribution in [1.82, 2.24) is 5.32 Å². The number of carbonyl (C=O) groups is 1. The molecule has 116 valence electrons. The topological polar surface area (TPSA) is 78.5 Å². The molecule has 0 fully saturated rings. The number of anilines is 1. The van der Waals surface area contributed by atoms with E-state index in [0.29, 0.717) is 11.5 Å². The van der Waals surface area contributed by atoms with Gasteiger partial charge in [-0.2, -0.15) is 5.26 Å². The van der Waals surface area contributed by atoms with Crippen LogP contribution < -0.4 is 15.0 Å². The van der Waals surface area contributed by atoms with Gasteiger partial charge in [0.05, 0.1) is 18.4 Å². The van der Waals surface area contributed by atoms with Crippen molar-refractivity contribution in [1.29, 1.82) is 5.26 Å². The summed E-state index contributed by atoms with van der Waals surface area (Å²) in [5.41, 5.74) is 0.692. The first-order chi connectivity index (χ1) is 11.2. The zero-order valence-corrected chi connectivity index (χ0v) is 13.1. The van der Waals surface area contributed by atoms with Crippen LogP contribution in [0, 0.1) is 11.3 Å². The fourth-order valence-electron chi connectivity index (χ4n) is 2.37. The number of nitrogens with zero attached hydrogens (tertiary/aromatic N) is 2. The first-order valence-electron chi connectivity index (χ1n) is 6.76. The van der Waals surface area contributed by atoms with Crippen LogP contribution in [-0.2, 0) is 4.79 Å². The van der Waals surface area contributed by atoms with Crippen molar-refractivity contribution in [3.05, 3.63) is 59.0 Å². The van der Waals surface area contributed by atoms with Crippen LogP contribution in [0.25, 0.3) is 0 Å². The van der Waals surface area contributed by atoms with Gasteiger partial charge in [0.15, 0.2) is 6.17 Å². The molecule has 0 bridgehead atoms. The average Bonchev–Trinajstić information content (AvgIpc) is 3.09. The van der Waals surface area contributed by atoms with Crippen molar-refractivity contribution >= 4 is 24.2 Å². The van der Waals surface area contributed by atoms with E-state index in [-0.39, 0.29) is 10.6 Å².